The van der Waals surface area contributed by atoms with Crippen LogP contribution in [0, 0.1) is 0 Å². The van der Waals surface area contributed by atoms with E-state index in [0.717, 1.165) is 0 Å². The van der Waals surface area contributed by atoms with Gasteiger partial charge in [-0.1, -0.05) is 181 Å². The lowest BCUT2D eigenvalue weighted by molar-refractivity contribution is -0.727. The van der Waals surface area contributed by atoms with Crippen LogP contribution in [0.4, 0.5) is 0 Å². The Bertz CT molecular complexity index is 621. The van der Waals surface area contributed by atoms with Crippen LogP contribution in [0.1, 0.15) is 232 Å². The fraction of sp³-hybridized carbons (Fsp3) is 0.921. The fourth-order valence-corrected chi connectivity index (χ4v) is 6.60. The summed E-state index contributed by atoms with van der Waals surface area (Å²) in [7, 11) is 0. The Hall–Kier alpha value is -0.790. The van der Waals surface area contributed by atoms with Gasteiger partial charge in [0.1, 0.15) is 12.4 Å². The lowest BCUT2D eigenvalue weighted by Crippen LogP contribution is -2.41. The summed E-state index contributed by atoms with van der Waals surface area (Å²) in [5.74, 6) is 2.24. The van der Waals surface area contributed by atoms with Crippen LogP contribution in [0.2, 0.25) is 0 Å². The molecule has 0 aliphatic carbocycles. The molecule has 1 heterocycles. The summed E-state index contributed by atoms with van der Waals surface area (Å²) in [6.07, 6.45) is 45.7. The highest BCUT2D eigenvalue weighted by atomic mass is 15.1. The molecule has 0 saturated carbocycles. The van der Waals surface area contributed by atoms with E-state index in [1.165, 1.54) is 192 Å². The zero-order valence-electron chi connectivity index (χ0n) is 28.3. The number of nitrogens with zero attached hydrogens (tertiary/aromatic N) is 1. The summed E-state index contributed by atoms with van der Waals surface area (Å²) in [5, 5.41) is 0. The molecule has 0 radical (unpaired) electrons. The Morgan fingerprint density at radius 2 is 0.800 bits per heavy atom. The maximum Gasteiger partial charge on any atom is 0.257 e. The van der Waals surface area contributed by atoms with Crippen molar-refractivity contribution in [3.8, 4) is 0 Å². The SMILES string of the molecule is CCCCCCCCCCCCCCCCCCC(CCCCCCC)c1[nH]cc[n+]1C(C)CCCCCCC. The molecule has 0 aromatic carbocycles. The van der Waals surface area contributed by atoms with Gasteiger partial charge in [0, 0.05) is 0 Å². The van der Waals surface area contributed by atoms with Gasteiger partial charge in [0.05, 0.1) is 12.0 Å². The second kappa shape index (κ2) is 28.3. The molecule has 1 aromatic rings. The zero-order chi connectivity index (χ0) is 28.9. The van der Waals surface area contributed by atoms with E-state index in [1.807, 2.05) is 0 Å². The third kappa shape index (κ3) is 20.1. The molecule has 0 amide bonds. The average molecular weight is 560 g/mol. The Labute approximate surface area is 253 Å². The number of unbranched alkanes of at least 4 members (excludes halogenated alkanes) is 23. The van der Waals surface area contributed by atoms with Gasteiger partial charge in [-0.2, -0.15) is 0 Å². The number of H-pyrrole nitrogens is 1. The first-order valence-corrected chi connectivity index (χ1v) is 18.8. The van der Waals surface area contributed by atoms with E-state index in [4.69, 9.17) is 0 Å². The predicted octanol–water partition coefficient (Wildman–Crippen LogP) is 13.3. The highest BCUT2D eigenvalue weighted by Gasteiger charge is 2.25. The molecule has 1 aromatic heterocycles. The van der Waals surface area contributed by atoms with Gasteiger partial charge in [-0.05, 0) is 32.6 Å². The van der Waals surface area contributed by atoms with Crippen molar-refractivity contribution in [3.05, 3.63) is 18.2 Å². The van der Waals surface area contributed by atoms with Crippen molar-refractivity contribution in [2.45, 2.75) is 226 Å². The molecule has 0 bridgehead atoms. The van der Waals surface area contributed by atoms with Gasteiger partial charge in [0.25, 0.3) is 5.82 Å². The standard InChI is InChI=1S/C38H74N2/c1-5-8-11-14-15-16-17-18-19-20-21-22-23-24-27-30-33-37(32-29-26-13-10-7-3)38-39-34-35-40(38)36(4)31-28-25-12-9-6-2/h34-37H,5-33H2,1-4H3/p+1. The molecule has 2 atom stereocenters. The van der Waals surface area contributed by atoms with Gasteiger partial charge >= 0.3 is 0 Å². The van der Waals surface area contributed by atoms with Crippen LogP contribution in [-0.4, -0.2) is 4.98 Å². The minimum atomic E-state index is 0.622. The van der Waals surface area contributed by atoms with Crippen LogP contribution in [0.3, 0.4) is 0 Å². The van der Waals surface area contributed by atoms with E-state index in [2.05, 4.69) is 49.6 Å². The van der Waals surface area contributed by atoms with E-state index in [0.29, 0.717) is 12.0 Å². The maximum atomic E-state index is 3.72. The molecular weight excluding hydrogens is 484 g/mol. The van der Waals surface area contributed by atoms with E-state index in [-0.39, 0.29) is 0 Å². The van der Waals surface area contributed by atoms with Gasteiger partial charge < -0.3 is 0 Å². The lowest BCUT2D eigenvalue weighted by atomic mass is 9.93. The Morgan fingerprint density at radius 3 is 1.18 bits per heavy atom. The van der Waals surface area contributed by atoms with Gasteiger partial charge in [0.2, 0.25) is 0 Å². The van der Waals surface area contributed by atoms with E-state index in [1.54, 1.807) is 0 Å². The van der Waals surface area contributed by atoms with Crippen LogP contribution in [0.5, 0.6) is 0 Å². The quantitative estimate of drug-likeness (QED) is 0.0689. The van der Waals surface area contributed by atoms with Crippen molar-refractivity contribution in [1.29, 1.82) is 0 Å². The molecule has 0 aliphatic heterocycles. The van der Waals surface area contributed by atoms with E-state index >= 15 is 0 Å². The lowest BCUT2D eigenvalue weighted by Gasteiger charge is -2.17. The highest BCUT2D eigenvalue weighted by Crippen LogP contribution is 2.27. The smallest absolute Gasteiger partial charge is 0.247 e. The first kappa shape index (κ1) is 37.2. The van der Waals surface area contributed by atoms with Crippen LogP contribution >= 0.6 is 0 Å². The molecule has 0 aliphatic rings. The molecule has 0 fully saturated rings. The molecule has 1 rings (SSSR count). The molecular formula is C38H75N2+. The Kier molecular flexibility index (Phi) is 26.4. The topological polar surface area (TPSA) is 19.7 Å². The third-order valence-electron chi connectivity index (χ3n) is 9.39. The van der Waals surface area contributed by atoms with Gasteiger partial charge in [-0.3, -0.25) is 0 Å². The number of rotatable bonds is 31. The number of aromatic amines is 1. The average Bonchev–Trinajstić information content (AvgIpc) is 3.45. The number of hydrogen-bond donors (Lipinski definition) is 1. The third-order valence-corrected chi connectivity index (χ3v) is 9.39. The molecule has 2 heteroatoms. The molecule has 2 nitrogen and oxygen atoms in total. The van der Waals surface area contributed by atoms with Crippen molar-refractivity contribution in [2.75, 3.05) is 0 Å². The minimum Gasteiger partial charge on any atom is -0.247 e. The van der Waals surface area contributed by atoms with Crippen molar-refractivity contribution >= 4 is 0 Å². The van der Waals surface area contributed by atoms with Crippen LogP contribution < -0.4 is 4.57 Å². The Balaban J connectivity index is 2.27. The van der Waals surface area contributed by atoms with Crippen molar-refractivity contribution < 1.29 is 4.57 Å². The largest absolute Gasteiger partial charge is 0.257 e. The molecule has 1 N–H and O–H groups in total. The second-order valence-corrected chi connectivity index (χ2v) is 13.3. The minimum absolute atomic E-state index is 0.622. The monoisotopic (exact) mass is 560 g/mol. The Morgan fingerprint density at radius 1 is 0.475 bits per heavy atom. The van der Waals surface area contributed by atoms with Crippen molar-refractivity contribution in [1.82, 2.24) is 4.98 Å². The molecule has 40 heavy (non-hydrogen) atoms. The first-order chi connectivity index (χ1) is 19.7. The van der Waals surface area contributed by atoms with Crippen molar-refractivity contribution in [3.63, 3.8) is 0 Å². The van der Waals surface area contributed by atoms with Crippen LogP contribution in [0.15, 0.2) is 12.4 Å². The molecule has 0 spiro atoms. The summed E-state index contributed by atoms with van der Waals surface area (Å²) in [6.45, 7) is 9.39. The predicted molar refractivity (Wildman–Crippen MR) is 179 cm³/mol. The highest BCUT2D eigenvalue weighted by molar-refractivity contribution is 4.90. The van der Waals surface area contributed by atoms with E-state index in [9.17, 15) is 0 Å². The van der Waals surface area contributed by atoms with Gasteiger partial charge in [-0.25, -0.2) is 9.55 Å². The summed E-state index contributed by atoms with van der Waals surface area (Å²) in [5.41, 5.74) is 0. The van der Waals surface area contributed by atoms with E-state index < -0.39 is 0 Å². The number of aromatic nitrogens is 2. The molecule has 2 unspecified atom stereocenters. The normalized spacial score (nSPS) is 13.2. The number of nitrogens with one attached hydrogen (secondary N) is 1. The summed E-state index contributed by atoms with van der Waals surface area (Å²) in [4.78, 5) is 3.72. The fourth-order valence-electron chi connectivity index (χ4n) is 6.60. The maximum absolute atomic E-state index is 3.72. The molecule has 0 saturated heterocycles. The van der Waals surface area contributed by atoms with Gasteiger partial charge in [-0.15, -0.1) is 0 Å². The van der Waals surface area contributed by atoms with Crippen molar-refractivity contribution in [2.24, 2.45) is 0 Å². The zero-order valence-corrected chi connectivity index (χ0v) is 28.3. The molecule has 236 valence electrons. The summed E-state index contributed by atoms with van der Waals surface area (Å²) < 4.78 is 2.61. The summed E-state index contributed by atoms with van der Waals surface area (Å²) >= 11 is 0. The number of hydrogen-bond acceptors (Lipinski definition) is 0. The summed E-state index contributed by atoms with van der Waals surface area (Å²) in [6, 6.07) is 0.622. The van der Waals surface area contributed by atoms with Crippen LogP contribution in [-0.2, 0) is 0 Å². The first-order valence-electron chi connectivity index (χ1n) is 18.8. The number of imidazole rings is 1. The van der Waals surface area contributed by atoms with Gasteiger partial charge in [0.15, 0.2) is 0 Å². The second-order valence-electron chi connectivity index (χ2n) is 13.3. The van der Waals surface area contributed by atoms with Crippen LogP contribution in [0.25, 0.3) is 0 Å².